The lowest BCUT2D eigenvalue weighted by Gasteiger charge is -2.26. The third-order valence-corrected chi connectivity index (χ3v) is 4.54. The van der Waals surface area contributed by atoms with Gasteiger partial charge in [0.15, 0.2) is 0 Å². The SMILES string of the molecule is Cc1cc([N+](=O)[O-])ccc1NC(=O)C(=O)NCC(O)C1CCCCC1. The maximum Gasteiger partial charge on any atom is 0.313 e. The largest absolute Gasteiger partial charge is 0.391 e. The highest BCUT2D eigenvalue weighted by Crippen LogP contribution is 2.26. The number of rotatable bonds is 5. The zero-order valence-corrected chi connectivity index (χ0v) is 14.2. The molecule has 0 aromatic heterocycles. The van der Waals surface area contributed by atoms with Crippen molar-refractivity contribution in [2.75, 3.05) is 11.9 Å². The summed E-state index contributed by atoms with van der Waals surface area (Å²) in [5.41, 5.74) is 0.728. The molecule has 0 saturated heterocycles. The summed E-state index contributed by atoms with van der Waals surface area (Å²) in [5, 5.41) is 25.7. The van der Waals surface area contributed by atoms with E-state index in [1.54, 1.807) is 6.92 Å². The minimum atomic E-state index is -0.868. The van der Waals surface area contributed by atoms with E-state index in [1.165, 1.54) is 24.6 Å². The number of non-ortho nitro benzene ring substituents is 1. The summed E-state index contributed by atoms with van der Waals surface area (Å²) >= 11 is 0. The highest BCUT2D eigenvalue weighted by Gasteiger charge is 2.23. The highest BCUT2D eigenvalue weighted by atomic mass is 16.6. The monoisotopic (exact) mass is 349 g/mol. The Hall–Kier alpha value is -2.48. The Morgan fingerprint density at radius 3 is 2.56 bits per heavy atom. The van der Waals surface area contributed by atoms with Crippen LogP contribution in [0, 0.1) is 23.0 Å². The molecule has 3 N–H and O–H groups in total. The van der Waals surface area contributed by atoms with Crippen LogP contribution in [0.15, 0.2) is 18.2 Å². The molecule has 0 bridgehead atoms. The molecule has 25 heavy (non-hydrogen) atoms. The summed E-state index contributed by atoms with van der Waals surface area (Å²) in [5.74, 6) is -1.55. The smallest absolute Gasteiger partial charge is 0.313 e. The van der Waals surface area contributed by atoms with Crippen LogP contribution in [0.2, 0.25) is 0 Å². The van der Waals surface area contributed by atoms with E-state index in [9.17, 15) is 24.8 Å². The van der Waals surface area contributed by atoms with E-state index in [4.69, 9.17) is 0 Å². The second-order valence-electron chi connectivity index (χ2n) is 6.39. The Balaban J connectivity index is 1.85. The first kappa shape index (κ1) is 18.9. The molecule has 136 valence electrons. The van der Waals surface area contributed by atoms with E-state index in [-0.39, 0.29) is 18.2 Å². The standard InChI is InChI=1S/C17H23N3O5/c1-11-9-13(20(24)25)7-8-14(11)19-17(23)16(22)18-10-15(21)12-5-3-2-4-6-12/h7-9,12,15,21H,2-6,10H2,1H3,(H,18,22)(H,19,23). The molecule has 1 aromatic carbocycles. The van der Waals surface area contributed by atoms with Crippen molar-refractivity contribution in [2.45, 2.75) is 45.1 Å². The third kappa shape index (κ3) is 5.25. The molecule has 8 nitrogen and oxygen atoms in total. The Bertz CT molecular complexity index is 656. The third-order valence-electron chi connectivity index (χ3n) is 4.54. The predicted octanol–water partition coefficient (Wildman–Crippen LogP) is 1.90. The van der Waals surface area contributed by atoms with Crippen molar-refractivity contribution in [2.24, 2.45) is 5.92 Å². The van der Waals surface area contributed by atoms with Crippen molar-refractivity contribution < 1.29 is 19.6 Å². The first-order chi connectivity index (χ1) is 11.9. The fourth-order valence-corrected chi connectivity index (χ4v) is 3.04. The van der Waals surface area contributed by atoms with Gasteiger partial charge in [-0.05, 0) is 37.3 Å². The predicted molar refractivity (Wildman–Crippen MR) is 92.1 cm³/mol. The summed E-state index contributed by atoms with van der Waals surface area (Å²) in [6.07, 6.45) is 4.55. The van der Waals surface area contributed by atoms with Crippen molar-refractivity contribution in [3.8, 4) is 0 Å². The fraction of sp³-hybridized carbons (Fsp3) is 0.529. The van der Waals surface area contributed by atoms with Gasteiger partial charge in [-0.15, -0.1) is 0 Å². The minimum absolute atomic E-state index is 0.0379. The molecule has 8 heteroatoms. The number of benzene rings is 1. The van der Waals surface area contributed by atoms with Crippen LogP contribution in [0.4, 0.5) is 11.4 Å². The summed E-state index contributed by atoms with van der Waals surface area (Å²) in [6, 6.07) is 3.96. The molecule has 1 fully saturated rings. The van der Waals surface area contributed by atoms with E-state index in [0.717, 1.165) is 25.7 Å². The lowest BCUT2D eigenvalue weighted by atomic mass is 9.85. The normalized spacial score (nSPS) is 16.1. The lowest BCUT2D eigenvalue weighted by molar-refractivity contribution is -0.384. The van der Waals surface area contributed by atoms with Crippen LogP contribution >= 0.6 is 0 Å². The fourth-order valence-electron chi connectivity index (χ4n) is 3.04. The summed E-state index contributed by atoms with van der Waals surface area (Å²) in [7, 11) is 0. The zero-order chi connectivity index (χ0) is 18.4. The Labute approximate surface area is 145 Å². The molecule has 1 atom stereocenters. The molecule has 0 radical (unpaired) electrons. The second-order valence-corrected chi connectivity index (χ2v) is 6.39. The molecule has 2 rings (SSSR count). The van der Waals surface area contributed by atoms with Crippen LogP contribution in [-0.2, 0) is 9.59 Å². The molecule has 0 spiro atoms. The van der Waals surface area contributed by atoms with Gasteiger partial charge in [-0.2, -0.15) is 0 Å². The minimum Gasteiger partial charge on any atom is -0.391 e. The van der Waals surface area contributed by atoms with Gasteiger partial charge in [0.25, 0.3) is 5.69 Å². The maximum absolute atomic E-state index is 11.9. The summed E-state index contributed by atoms with van der Waals surface area (Å²) < 4.78 is 0. The molecule has 1 unspecified atom stereocenters. The number of nitro groups is 1. The number of nitro benzene ring substituents is 1. The van der Waals surface area contributed by atoms with Crippen molar-refractivity contribution in [3.63, 3.8) is 0 Å². The molecule has 0 heterocycles. The van der Waals surface area contributed by atoms with Crippen molar-refractivity contribution in [1.29, 1.82) is 0 Å². The van der Waals surface area contributed by atoms with Crippen LogP contribution < -0.4 is 10.6 Å². The molecule has 2 amide bonds. The number of hydrogen-bond acceptors (Lipinski definition) is 5. The van der Waals surface area contributed by atoms with Gasteiger partial charge in [0.05, 0.1) is 11.0 Å². The van der Waals surface area contributed by atoms with Crippen molar-refractivity contribution >= 4 is 23.2 Å². The quantitative estimate of drug-likeness (QED) is 0.426. The molecule has 1 aliphatic carbocycles. The molecular weight excluding hydrogens is 326 g/mol. The van der Waals surface area contributed by atoms with Gasteiger partial charge in [-0.3, -0.25) is 19.7 Å². The first-order valence-corrected chi connectivity index (χ1v) is 8.40. The van der Waals surface area contributed by atoms with Gasteiger partial charge in [-0.25, -0.2) is 0 Å². The number of aliphatic hydroxyl groups is 1. The Morgan fingerprint density at radius 1 is 1.28 bits per heavy atom. The van der Waals surface area contributed by atoms with Gasteiger partial charge in [0.2, 0.25) is 0 Å². The molecule has 1 aromatic rings. The van der Waals surface area contributed by atoms with Crippen LogP contribution in [0.3, 0.4) is 0 Å². The number of aliphatic hydroxyl groups excluding tert-OH is 1. The number of carbonyl (C=O) groups is 2. The maximum atomic E-state index is 11.9. The Morgan fingerprint density at radius 2 is 1.96 bits per heavy atom. The van der Waals surface area contributed by atoms with Crippen molar-refractivity contribution in [3.05, 3.63) is 33.9 Å². The molecule has 1 aliphatic rings. The number of anilines is 1. The van der Waals surface area contributed by atoms with Crippen LogP contribution in [0.25, 0.3) is 0 Å². The van der Waals surface area contributed by atoms with Gasteiger partial charge in [0.1, 0.15) is 0 Å². The van der Waals surface area contributed by atoms with Crippen molar-refractivity contribution in [1.82, 2.24) is 5.32 Å². The molecular formula is C17H23N3O5. The average Bonchev–Trinajstić information content (AvgIpc) is 2.61. The zero-order valence-electron chi connectivity index (χ0n) is 14.2. The van der Waals surface area contributed by atoms with E-state index < -0.39 is 22.8 Å². The summed E-state index contributed by atoms with van der Waals surface area (Å²) in [6.45, 7) is 1.64. The number of aryl methyl sites for hydroxylation is 1. The van der Waals surface area contributed by atoms with Gasteiger partial charge < -0.3 is 15.7 Å². The number of carbonyl (C=O) groups excluding carboxylic acids is 2. The topological polar surface area (TPSA) is 122 Å². The second kappa shape index (κ2) is 8.57. The van der Waals surface area contributed by atoms with Gasteiger partial charge in [-0.1, -0.05) is 19.3 Å². The number of amides is 2. The van der Waals surface area contributed by atoms with Gasteiger partial charge in [0, 0.05) is 24.4 Å². The number of nitrogens with zero attached hydrogens (tertiary/aromatic N) is 1. The van der Waals surface area contributed by atoms with Gasteiger partial charge >= 0.3 is 11.8 Å². The van der Waals surface area contributed by atoms with Crippen LogP contribution in [0.1, 0.15) is 37.7 Å². The molecule has 0 aliphatic heterocycles. The number of hydrogen-bond donors (Lipinski definition) is 3. The van der Waals surface area contributed by atoms with E-state index in [1.807, 2.05) is 0 Å². The average molecular weight is 349 g/mol. The molecule has 1 saturated carbocycles. The van der Waals surface area contributed by atoms with E-state index in [2.05, 4.69) is 10.6 Å². The lowest BCUT2D eigenvalue weighted by Crippen LogP contribution is -2.42. The first-order valence-electron chi connectivity index (χ1n) is 8.40. The number of nitrogens with one attached hydrogen (secondary N) is 2. The summed E-state index contributed by atoms with van der Waals surface area (Å²) in [4.78, 5) is 34.0. The highest BCUT2D eigenvalue weighted by molar-refractivity contribution is 6.39. The van der Waals surface area contributed by atoms with E-state index in [0.29, 0.717) is 11.3 Å². The van der Waals surface area contributed by atoms with E-state index >= 15 is 0 Å². The van der Waals surface area contributed by atoms with Crippen LogP contribution in [0.5, 0.6) is 0 Å². The van der Waals surface area contributed by atoms with Crippen LogP contribution in [-0.4, -0.2) is 34.5 Å². The Kier molecular flexibility index (Phi) is 6.46.